The molecule has 0 amide bonds. The van der Waals surface area contributed by atoms with Gasteiger partial charge in [-0.2, -0.15) is 0 Å². The fourth-order valence-corrected chi connectivity index (χ4v) is 2.02. The smallest absolute Gasteiger partial charge is 0.111 e. The summed E-state index contributed by atoms with van der Waals surface area (Å²) in [5.41, 5.74) is 7.73. The minimum absolute atomic E-state index is 0.189. The molecule has 4 heteroatoms. The molecular formula is C13H19N3O. The van der Waals surface area contributed by atoms with Crippen molar-refractivity contribution in [1.82, 2.24) is 9.55 Å². The molecule has 0 saturated carbocycles. The molecule has 4 nitrogen and oxygen atoms in total. The number of aromatic nitrogens is 2. The number of aliphatic hydroxyl groups is 1. The molecule has 17 heavy (non-hydrogen) atoms. The van der Waals surface area contributed by atoms with Crippen molar-refractivity contribution in [2.75, 3.05) is 13.2 Å². The van der Waals surface area contributed by atoms with E-state index in [0.717, 1.165) is 29.8 Å². The average molecular weight is 233 g/mol. The van der Waals surface area contributed by atoms with Crippen molar-refractivity contribution >= 4 is 11.0 Å². The summed E-state index contributed by atoms with van der Waals surface area (Å²) in [5.74, 6) is 1.23. The fourth-order valence-electron chi connectivity index (χ4n) is 2.02. The third-order valence-corrected chi connectivity index (χ3v) is 2.91. The molecule has 92 valence electrons. The quantitative estimate of drug-likeness (QED) is 0.814. The summed E-state index contributed by atoms with van der Waals surface area (Å²) in [7, 11) is 0. The van der Waals surface area contributed by atoms with Crippen molar-refractivity contribution in [2.45, 2.75) is 19.9 Å². The van der Waals surface area contributed by atoms with Crippen LogP contribution < -0.4 is 5.73 Å². The van der Waals surface area contributed by atoms with E-state index in [1.54, 1.807) is 0 Å². The molecule has 0 fully saturated rings. The molecule has 0 aliphatic carbocycles. The lowest BCUT2D eigenvalue weighted by atomic mass is 10.2. The van der Waals surface area contributed by atoms with Crippen LogP contribution in [0.4, 0.5) is 0 Å². The highest BCUT2D eigenvalue weighted by Crippen LogP contribution is 2.17. The lowest BCUT2D eigenvalue weighted by molar-refractivity contribution is 0.223. The van der Waals surface area contributed by atoms with Crippen LogP contribution in [0.15, 0.2) is 24.3 Å². The van der Waals surface area contributed by atoms with Crippen molar-refractivity contribution < 1.29 is 5.11 Å². The van der Waals surface area contributed by atoms with Crippen molar-refractivity contribution in [2.24, 2.45) is 11.7 Å². The highest BCUT2D eigenvalue weighted by molar-refractivity contribution is 5.75. The van der Waals surface area contributed by atoms with Gasteiger partial charge in [0.1, 0.15) is 5.82 Å². The van der Waals surface area contributed by atoms with E-state index in [2.05, 4.69) is 15.6 Å². The third kappa shape index (κ3) is 2.48. The van der Waals surface area contributed by atoms with E-state index in [9.17, 15) is 0 Å². The minimum atomic E-state index is 0.189. The van der Waals surface area contributed by atoms with E-state index in [-0.39, 0.29) is 12.5 Å². The molecule has 0 bridgehead atoms. The van der Waals surface area contributed by atoms with Gasteiger partial charge in [-0.25, -0.2) is 4.98 Å². The van der Waals surface area contributed by atoms with Gasteiger partial charge in [0.2, 0.25) is 0 Å². The summed E-state index contributed by atoms with van der Waals surface area (Å²) >= 11 is 0. The Morgan fingerprint density at radius 1 is 1.41 bits per heavy atom. The zero-order valence-electron chi connectivity index (χ0n) is 10.1. The first-order chi connectivity index (χ1) is 8.26. The number of nitrogens with zero attached hydrogens (tertiary/aromatic N) is 2. The number of aliphatic hydroxyl groups excluding tert-OH is 1. The summed E-state index contributed by atoms with van der Waals surface area (Å²) < 4.78 is 2.17. The van der Waals surface area contributed by atoms with Crippen LogP contribution in [0.2, 0.25) is 0 Å². The number of fused-ring (bicyclic) bond motifs is 1. The Balaban J connectivity index is 2.44. The zero-order valence-corrected chi connectivity index (χ0v) is 10.1. The normalized spacial score (nSPS) is 13.1. The zero-order chi connectivity index (χ0) is 12.3. The molecule has 0 saturated heterocycles. The molecule has 0 spiro atoms. The van der Waals surface area contributed by atoms with Gasteiger partial charge in [0, 0.05) is 19.6 Å². The van der Waals surface area contributed by atoms with E-state index in [1.807, 2.05) is 25.1 Å². The summed E-state index contributed by atoms with van der Waals surface area (Å²) in [4.78, 5) is 4.59. The van der Waals surface area contributed by atoms with Gasteiger partial charge in [0.15, 0.2) is 0 Å². The van der Waals surface area contributed by atoms with E-state index < -0.39 is 0 Å². The standard InChI is InChI=1S/C13H19N3O/c1-10(9-17)8-16-12-5-3-2-4-11(12)15-13(16)6-7-14/h2-5,10,17H,6-9,14H2,1H3. The van der Waals surface area contributed by atoms with Crippen LogP contribution in [0, 0.1) is 5.92 Å². The second-order valence-electron chi connectivity index (χ2n) is 4.45. The second-order valence-corrected chi connectivity index (χ2v) is 4.45. The molecule has 3 N–H and O–H groups in total. The van der Waals surface area contributed by atoms with E-state index in [4.69, 9.17) is 10.8 Å². The van der Waals surface area contributed by atoms with Crippen LogP contribution in [-0.2, 0) is 13.0 Å². The van der Waals surface area contributed by atoms with Crippen LogP contribution in [-0.4, -0.2) is 27.8 Å². The Morgan fingerprint density at radius 2 is 2.18 bits per heavy atom. The summed E-state index contributed by atoms with van der Waals surface area (Å²) in [5, 5.41) is 9.17. The first-order valence-electron chi connectivity index (χ1n) is 6.01. The molecule has 0 aliphatic heterocycles. The molecule has 1 unspecified atom stereocenters. The molecule has 1 aromatic carbocycles. The predicted molar refractivity (Wildman–Crippen MR) is 68.7 cm³/mol. The minimum Gasteiger partial charge on any atom is -0.396 e. The highest BCUT2D eigenvalue weighted by Gasteiger charge is 2.11. The number of hydrogen-bond donors (Lipinski definition) is 2. The third-order valence-electron chi connectivity index (χ3n) is 2.91. The largest absolute Gasteiger partial charge is 0.396 e. The van der Waals surface area contributed by atoms with Crippen molar-refractivity contribution in [3.8, 4) is 0 Å². The SMILES string of the molecule is CC(CO)Cn1c(CCN)nc2ccccc21. The molecule has 1 aromatic heterocycles. The summed E-state index contributed by atoms with van der Waals surface area (Å²) in [6.07, 6.45) is 0.771. The van der Waals surface area contributed by atoms with Crippen molar-refractivity contribution in [1.29, 1.82) is 0 Å². The van der Waals surface area contributed by atoms with E-state index in [1.165, 1.54) is 0 Å². The number of hydrogen-bond acceptors (Lipinski definition) is 3. The fraction of sp³-hybridized carbons (Fsp3) is 0.462. The molecule has 0 radical (unpaired) electrons. The topological polar surface area (TPSA) is 64.1 Å². The number of benzene rings is 1. The van der Waals surface area contributed by atoms with E-state index >= 15 is 0 Å². The van der Waals surface area contributed by atoms with Gasteiger partial charge in [-0.3, -0.25) is 0 Å². The average Bonchev–Trinajstić information content (AvgIpc) is 2.68. The lowest BCUT2D eigenvalue weighted by Gasteiger charge is -2.12. The maximum atomic E-state index is 9.17. The first kappa shape index (κ1) is 12.1. The van der Waals surface area contributed by atoms with Gasteiger partial charge in [-0.05, 0) is 24.6 Å². The first-order valence-corrected chi connectivity index (χ1v) is 6.01. The summed E-state index contributed by atoms with van der Waals surface area (Å²) in [6, 6.07) is 8.07. The number of rotatable bonds is 5. The molecule has 1 atom stereocenters. The molecule has 2 rings (SSSR count). The van der Waals surface area contributed by atoms with Crippen LogP contribution >= 0.6 is 0 Å². The Kier molecular flexibility index (Phi) is 3.76. The molecule has 0 aliphatic rings. The van der Waals surface area contributed by atoms with Crippen LogP contribution in [0.5, 0.6) is 0 Å². The molecule has 1 heterocycles. The monoisotopic (exact) mass is 233 g/mol. The van der Waals surface area contributed by atoms with Crippen molar-refractivity contribution in [3.63, 3.8) is 0 Å². The molecule has 2 aromatic rings. The Hall–Kier alpha value is -1.39. The van der Waals surface area contributed by atoms with Gasteiger partial charge in [-0.15, -0.1) is 0 Å². The van der Waals surface area contributed by atoms with Gasteiger partial charge < -0.3 is 15.4 Å². The lowest BCUT2D eigenvalue weighted by Crippen LogP contribution is -2.15. The van der Waals surface area contributed by atoms with Crippen molar-refractivity contribution in [3.05, 3.63) is 30.1 Å². The Bertz CT molecular complexity index is 492. The van der Waals surface area contributed by atoms with Crippen LogP contribution in [0.25, 0.3) is 11.0 Å². The molecular weight excluding hydrogens is 214 g/mol. The number of imidazole rings is 1. The van der Waals surface area contributed by atoms with E-state index in [0.29, 0.717) is 6.54 Å². The van der Waals surface area contributed by atoms with Gasteiger partial charge in [0.25, 0.3) is 0 Å². The van der Waals surface area contributed by atoms with Gasteiger partial charge in [0.05, 0.1) is 11.0 Å². The highest BCUT2D eigenvalue weighted by atomic mass is 16.3. The second kappa shape index (κ2) is 5.29. The summed E-state index contributed by atoms with van der Waals surface area (Å²) in [6.45, 7) is 3.60. The van der Waals surface area contributed by atoms with Gasteiger partial charge in [-0.1, -0.05) is 19.1 Å². The number of para-hydroxylation sites is 2. The predicted octanol–water partition coefficient (Wildman–Crippen LogP) is 1.17. The maximum Gasteiger partial charge on any atom is 0.111 e. The Morgan fingerprint density at radius 3 is 2.88 bits per heavy atom. The number of nitrogens with two attached hydrogens (primary N) is 1. The van der Waals surface area contributed by atoms with Gasteiger partial charge >= 0.3 is 0 Å². The van der Waals surface area contributed by atoms with Crippen LogP contribution in [0.3, 0.4) is 0 Å². The maximum absolute atomic E-state index is 9.17. The van der Waals surface area contributed by atoms with Crippen LogP contribution in [0.1, 0.15) is 12.7 Å². The Labute approximate surface area is 101 Å².